The molecule has 1 saturated carbocycles. The Morgan fingerprint density at radius 3 is 2.17 bits per heavy atom. The van der Waals surface area contributed by atoms with E-state index in [0.29, 0.717) is 11.3 Å². The summed E-state index contributed by atoms with van der Waals surface area (Å²) >= 11 is 6.73. The molecule has 3 N–H and O–H groups in total. The van der Waals surface area contributed by atoms with Crippen LogP contribution in [0.1, 0.15) is 71.6 Å². The number of ketones is 2. The normalized spacial score (nSPS) is 22.6. The van der Waals surface area contributed by atoms with Gasteiger partial charge in [-0.3, -0.25) is 14.5 Å². The SMILES string of the molecule is CN(C)[C@@H]1c2onc(OCc3ccccc3)c2C(=O)[C@@]2(O[Si](C)(C)C(C)(C)C)C(=O)C3=C(O)c4c(c(Cl)nc(N)c4OCc4ccccc4)C[C@H]3C[C@@H]12. The van der Waals surface area contributed by atoms with E-state index < -0.39 is 43.4 Å². The average Bonchev–Trinajstić information content (AvgIpc) is 3.52. The summed E-state index contributed by atoms with van der Waals surface area (Å²) < 4.78 is 25.5. The number of aliphatic hydroxyl groups is 1. The van der Waals surface area contributed by atoms with E-state index in [1.54, 1.807) is 0 Å². The van der Waals surface area contributed by atoms with E-state index >= 15 is 9.59 Å². The Labute approximate surface area is 315 Å². The van der Waals surface area contributed by atoms with Crippen molar-refractivity contribution in [2.24, 2.45) is 11.8 Å². The summed E-state index contributed by atoms with van der Waals surface area (Å²) in [6.07, 6.45) is 0.541. The highest BCUT2D eigenvalue weighted by Crippen LogP contribution is 2.59. The number of nitrogens with zero attached hydrogens (tertiary/aromatic N) is 3. The van der Waals surface area contributed by atoms with Gasteiger partial charge in [-0.05, 0) is 67.3 Å². The second-order valence-electron chi connectivity index (χ2n) is 15.9. The second-order valence-corrected chi connectivity index (χ2v) is 21.0. The number of hydrogen-bond donors (Lipinski definition) is 2. The number of benzene rings is 2. The van der Waals surface area contributed by atoms with Gasteiger partial charge in [0.25, 0.3) is 5.88 Å². The van der Waals surface area contributed by atoms with E-state index in [4.69, 9.17) is 35.8 Å². The van der Waals surface area contributed by atoms with Gasteiger partial charge in [0.15, 0.2) is 31.2 Å². The molecule has 4 atom stereocenters. The Kier molecular flexibility index (Phi) is 9.33. The molecule has 0 aliphatic heterocycles. The minimum absolute atomic E-state index is 0.0123. The number of pyridine rings is 1. The van der Waals surface area contributed by atoms with Crippen molar-refractivity contribution < 1.29 is 33.1 Å². The highest BCUT2D eigenvalue weighted by Gasteiger charge is 2.69. The van der Waals surface area contributed by atoms with Crippen LogP contribution in [0.25, 0.3) is 5.76 Å². The number of carbonyl (C=O) groups excluding carboxylic acids is 2. The monoisotopic (exact) mass is 756 g/mol. The summed E-state index contributed by atoms with van der Waals surface area (Å²) in [5.74, 6) is -2.40. The molecule has 2 aromatic heterocycles. The number of nitrogen functional groups attached to an aromatic ring is 1. The molecule has 7 rings (SSSR count). The molecule has 3 aliphatic carbocycles. The third-order valence-corrected chi connectivity index (χ3v) is 16.1. The first-order valence-corrected chi connectivity index (χ1v) is 21.1. The highest BCUT2D eigenvalue weighted by atomic mass is 35.5. The van der Waals surface area contributed by atoms with Crippen LogP contribution in [0, 0.1) is 11.8 Å². The van der Waals surface area contributed by atoms with Gasteiger partial charge in [-0.15, -0.1) is 0 Å². The van der Waals surface area contributed by atoms with Crippen LogP contribution in [0.15, 0.2) is 70.8 Å². The van der Waals surface area contributed by atoms with Crippen molar-refractivity contribution in [3.05, 3.63) is 105 Å². The zero-order valence-electron chi connectivity index (χ0n) is 31.0. The standard InChI is InChI=1S/C40H45ClN4O7Si/c1-39(2,3)53(6,7)52-40-26(30(45(4)5)32-29(35(40)48)38(44-51-32)50-21-23-16-12-9-13-17-23)19-24-18-25-28(31(46)27(24)34(40)47)33(37(42)43-36(25)41)49-20-22-14-10-8-11-15-22/h8-17,24,26,30,46H,18-21H2,1-7H3,(H2,42,43)/t24-,26-,30-,40-/m0/s1. The van der Waals surface area contributed by atoms with Crippen LogP contribution in [-0.4, -0.2) is 59.7 Å². The molecule has 0 saturated heterocycles. The lowest BCUT2D eigenvalue weighted by atomic mass is 9.57. The lowest BCUT2D eigenvalue weighted by Crippen LogP contribution is -2.68. The van der Waals surface area contributed by atoms with Gasteiger partial charge in [0.05, 0.1) is 11.6 Å². The van der Waals surface area contributed by atoms with Gasteiger partial charge in [0, 0.05) is 17.1 Å². The Hall–Kier alpha value is -4.49. The molecule has 4 aromatic rings. The van der Waals surface area contributed by atoms with E-state index in [0.717, 1.165) is 11.1 Å². The number of ether oxygens (including phenoxy) is 2. The fraction of sp³-hybridized carbons (Fsp3) is 0.400. The van der Waals surface area contributed by atoms with Crippen LogP contribution in [0.3, 0.4) is 0 Å². The van der Waals surface area contributed by atoms with Crippen LogP contribution in [0.5, 0.6) is 11.6 Å². The quantitative estimate of drug-likeness (QED) is 0.0980. The summed E-state index contributed by atoms with van der Waals surface area (Å²) in [7, 11) is 0.837. The fourth-order valence-corrected chi connectivity index (χ4v) is 9.46. The molecule has 13 heteroatoms. The lowest BCUT2D eigenvalue weighted by Gasteiger charge is -2.55. The average molecular weight is 757 g/mol. The van der Waals surface area contributed by atoms with E-state index in [1.807, 2.05) is 92.8 Å². The van der Waals surface area contributed by atoms with E-state index in [-0.39, 0.29) is 76.2 Å². The maximum atomic E-state index is 15.6. The predicted molar refractivity (Wildman–Crippen MR) is 203 cm³/mol. The number of anilines is 1. The first-order valence-electron chi connectivity index (χ1n) is 17.8. The molecule has 0 radical (unpaired) electrons. The minimum Gasteiger partial charge on any atom is -0.507 e. The van der Waals surface area contributed by atoms with Crippen molar-refractivity contribution >= 4 is 43.1 Å². The summed E-state index contributed by atoms with van der Waals surface area (Å²) in [6.45, 7) is 10.4. The number of halogens is 1. The molecule has 278 valence electrons. The van der Waals surface area contributed by atoms with Gasteiger partial charge in [0.1, 0.15) is 29.7 Å². The molecule has 3 aliphatic rings. The maximum Gasteiger partial charge on any atom is 0.265 e. The zero-order valence-corrected chi connectivity index (χ0v) is 32.8. The summed E-state index contributed by atoms with van der Waals surface area (Å²) in [6, 6.07) is 18.4. The van der Waals surface area contributed by atoms with Crippen LogP contribution >= 0.6 is 11.6 Å². The minimum atomic E-state index is -2.91. The number of fused-ring (bicyclic) bond motifs is 4. The largest absolute Gasteiger partial charge is 0.507 e. The summed E-state index contributed by atoms with van der Waals surface area (Å²) in [4.78, 5) is 37.3. The Morgan fingerprint density at radius 2 is 1.58 bits per heavy atom. The van der Waals surface area contributed by atoms with Crippen LogP contribution in [-0.2, 0) is 28.9 Å². The molecular formula is C40H45ClN4O7Si. The van der Waals surface area contributed by atoms with Crippen LogP contribution in [0.2, 0.25) is 23.3 Å². The molecule has 1 fully saturated rings. The van der Waals surface area contributed by atoms with E-state index in [9.17, 15) is 5.11 Å². The number of aliphatic hydroxyl groups excluding tert-OH is 1. The van der Waals surface area contributed by atoms with Crippen molar-refractivity contribution in [2.45, 2.75) is 76.6 Å². The van der Waals surface area contributed by atoms with Crippen molar-refractivity contribution in [3.8, 4) is 11.6 Å². The topological polar surface area (TPSA) is 150 Å². The number of rotatable bonds is 9. The van der Waals surface area contributed by atoms with Crippen LogP contribution < -0.4 is 15.2 Å². The molecule has 2 aromatic carbocycles. The van der Waals surface area contributed by atoms with Gasteiger partial charge < -0.3 is 29.3 Å². The smallest absolute Gasteiger partial charge is 0.265 e. The van der Waals surface area contributed by atoms with Gasteiger partial charge in [-0.25, -0.2) is 4.98 Å². The van der Waals surface area contributed by atoms with Crippen LogP contribution in [0.4, 0.5) is 5.82 Å². The Balaban J connectivity index is 1.41. The van der Waals surface area contributed by atoms with Gasteiger partial charge in [-0.1, -0.05) is 93.0 Å². The fourth-order valence-electron chi connectivity index (χ4n) is 7.75. The summed E-state index contributed by atoms with van der Waals surface area (Å²) in [5, 5.41) is 16.3. The number of nitrogens with two attached hydrogens (primary N) is 1. The number of hydrogen-bond acceptors (Lipinski definition) is 11. The van der Waals surface area contributed by atoms with Crippen molar-refractivity contribution in [2.75, 3.05) is 19.8 Å². The third-order valence-electron chi connectivity index (χ3n) is 11.3. The Morgan fingerprint density at radius 1 is 0.981 bits per heavy atom. The number of carbonyl (C=O) groups is 2. The van der Waals surface area contributed by atoms with E-state index in [1.165, 1.54) is 0 Å². The molecule has 53 heavy (non-hydrogen) atoms. The first kappa shape index (κ1) is 36.8. The first-order chi connectivity index (χ1) is 25.1. The molecule has 0 spiro atoms. The summed E-state index contributed by atoms with van der Waals surface area (Å²) in [5.41, 5.74) is 6.95. The van der Waals surface area contributed by atoms with Crippen molar-refractivity contribution in [1.29, 1.82) is 0 Å². The molecule has 0 bridgehead atoms. The predicted octanol–water partition coefficient (Wildman–Crippen LogP) is 7.75. The molecular weight excluding hydrogens is 712 g/mol. The number of aromatic nitrogens is 2. The molecule has 0 unspecified atom stereocenters. The zero-order chi connectivity index (χ0) is 38.0. The van der Waals surface area contributed by atoms with Gasteiger partial charge >= 0.3 is 0 Å². The van der Waals surface area contributed by atoms with Crippen molar-refractivity contribution in [3.63, 3.8) is 0 Å². The molecule has 11 nitrogen and oxygen atoms in total. The maximum absolute atomic E-state index is 15.6. The van der Waals surface area contributed by atoms with E-state index in [2.05, 4.69) is 30.9 Å². The third kappa shape index (κ3) is 6.05. The number of Topliss-reactive ketones (excluding diaryl/α,β-unsaturated/α-hetero) is 2. The van der Waals surface area contributed by atoms with Gasteiger partial charge in [0.2, 0.25) is 11.6 Å². The van der Waals surface area contributed by atoms with Gasteiger partial charge in [-0.2, -0.15) is 0 Å². The second kappa shape index (κ2) is 13.4. The lowest BCUT2D eigenvalue weighted by molar-refractivity contribution is -0.140. The Bertz CT molecular complexity index is 2110. The molecule has 0 amide bonds. The molecule has 2 heterocycles. The highest BCUT2D eigenvalue weighted by molar-refractivity contribution is 6.74. The van der Waals surface area contributed by atoms with Crippen molar-refractivity contribution in [1.82, 2.24) is 15.0 Å².